The second kappa shape index (κ2) is 5.83. The van der Waals surface area contributed by atoms with Crippen LogP contribution in [0.3, 0.4) is 0 Å². The number of rotatable bonds is 3. The van der Waals surface area contributed by atoms with E-state index in [4.69, 9.17) is 5.73 Å². The lowest BCUT2D eigenvalue weighted by Gasteiger charge is -2.19. The highest BCUT2D eigenvalue weighted by molar-refractivity contribution is 5.99. The Morgan fingerprint density at radius 1 is 1.31 bits per heavy atom. The van der Waals surface area contributed by atoms with Gasteiger partial charge in [0.2, 0.25) is 5.91 Å². The molecule has 0 unspecified atom stereocenters. The maximum Gasteiger partial charge on any atom is 0.272 e. The van der Waals surface area contributed by atoms with Crippen molar-refractivity contribution >= 4 is 23.1 Å². The van der Waals surface area contributed by atoms with Crippen LogP contribution < -0.4 is 16.2 Å². The van der Waals surface area contributed by atoms with Crippen LogP contribution in [-0.2, 0) is 4.79 Å². The van der Waals surface area contributed by atoms with Crippen LogP contribution in [0.2, 0.25) is 0 Å². The Morgan fingerprint density at radius 3 is 2.81 bits per heavy atom. The van der Waals surface area contributed by atoms with Gasteiger partial charge in [0.15, 0.2) is 5.65 Å². The molecule has 1 aliphatic heterocycles. The summed E-state index contributed by atoms with van der Waals surface area (Å²) >= 11 is 0. The van der Waals surface area contributed by atoms with Gasteiger partial charge in [-0.3, -0.25) is 19.5 Å². The molecule has 1 fully saturated rings. The summed E-state index contributed by atoms with van der Waals surface area (Å²) in [6.07, 6.45) is 1.61. The summed E-state index contributed by atoms with van der Waals surface area (Å²) in [6.45, 7) is 2.38. The van der Waals surface area contributed by atoms with Crippen molar-refractivity contribution in [2.24, 2.45) is 5.73 Å². The van der Waals surface area contributed by atoms with Crippen LogP contribution in [-0.4, -0.2) is 33.0 Å². The van der Waals surface area contributed by atoms with Crippen LogP contribution in [0, 0.1) is 6.92 Å². The first-order chi connectivity index (χ1) is 12.5. The molecule has 2 amide bonds. The Morgan fingerprint density at radius 2 is 2.08 bits per heavy atom. The molecular weight excluding hydrogens is 334 g/mol. The number of nitrogens with zero attached hydrogens (tertiary/aromatic N) is 3. The van der Waals surface area contributed by atoms with Gasteiger partial charge in [-0.25, -0.2) is 9.50 Å². The van der Waals surface area contributed by atoms with Gasteiger partial charge in [-0.05, 0) is 18.6 Å². The fraction of sp³-hybridized carbons (Fsp3) is 0.222. The van der Waals surface area contributed by atoms with E-state index in [2.05, 4.69) is 10.1 Å². The Hall–Kier alpha value is -3.42. The summed E-state index contributed by atoms with van der Waals surface area (Å²) in [5, 5.41) is 2.67. The molecule has 4 rings (SSSR count). The third-order valence-electron chi connectivity index (χ3n) is 4.73. The van der Waals surface area contributed by atoms with Crippen molar-refractivity contribution in [1.29, 1.82) is 0 Å². The quantitative estimate of drug-likeness (QED) is 0.731. The third-order valence-corrected chi connectivity index (χ3v) is 4.73. The molecule has 1 saturated heterocycles. The zero-order valence-corrected chi connectivity index (χ0v) is 14.1. The minimum atomic E-state index is -0.670. The van der Waals surface area contributed by atoms with Crippen molar-refractivity contribution in [3.8, 4) is 0 Å². The molecule has 3 N–H and O–H groups in total. The maximum absolute atomic E-state index is 12.5. The molecule has 1 aromatic carbocycles. The van der Waals surface area contributed by atoms with Crippen LogP contribution in [0.1, 0.15) is 34.0 Å². The summed E-state index contributed by atoms with van der Waals surface area (Å²) in [5.41, 5.74) is 7.67. The molecule has 0 aliphatic carbocycles. The van der Waals surface area contributed by atoms with Crippen LogP contribution >= 0.6 is 0 Å². The largest absolute Gasteiger partial charge is 0.365 e. The summed E-state index contributed by atoms with van der Waals surface area (Å²) < 4.78 is 1.17. The molecular formula is C18H17N5O3. The number of primary amides is 1. The number of amides is 2. The number of H-pyrrole nitrogens is 1. The van der Waals surface area contributed by atoms with Crippen LogP contribution in [0.5, 0.6) is 0 Å². The number of anilines is 1. The fourth-order valence-electron chi connectivity index (χ4n) is 3.39. The first kappa shape index (κ1) is 16.1. The predicted molar refractivity (Wildman–Crippen MR) is 95.2 cm³/mol. The van der Waals surface area contributed by atoms with E-state index in [9.17, 15) is 14.4 Å². The van der Waals surface area contributed by atoms with E-state index in [-0.39, 0.29) is 35.0 Å². The molecule has 0 radical (unpaired) electrons. The number of aromatic amines is 1. The molecule has 0 saturated carbocycles. The topological polar surface area (TPSA) is 114 Å². The Labute approximate surface area is 148 Å². The molecule has 8 nitrogen and oxygen atoms in total. The standard InChI is InChI=1S/C18H17N5O3/c1-10-4-2-3-5-14(10)22-9-11(6-15(22)24)13-7-16(25)23-18(21-13)12(8-20-23)17(19)26/h2-5,7-8,11,20H,6,9H2,1H3,(H2,19,26)/t11-/m0/s1. The van der Waals surface area contributed by atoms with Crippen molar-refractivity contribution in [1.82, 2.24) is 14.6 Å². The van der Waals surface area contributed by atoms with E-state index in [1.54, 1.807) is 4.90 Å². The molecule has 1 aliphatic rings. The highest BCUT2D eigenvalue weighted by Crippen LogP contribution is 2.32. The maximum atomic E-state index is 12.5. The molecule has 2 aromatic heterocycles. The number of nitrogens with one attached hydrogen (secondary N) is 1. The SMILES string of the molecule is Cc1ccccc1N1C[C@@H](c2cc(=O)n3[nH]cc(C(N)=O)c3n2)CC1=O. The van der Waals surface area contributed by atoms with E-state index in [1.165, 1.54) is 16.8 Å². The van der Waals surface area contributed by atoms with Gasteiger partial charge < -0.3 is 10.6 Å². The predicted octanol–water partition coefficient (Wildman–Crippen LogP) is 0.950. The summed E-state index contributed by atoms with van der Waals surface area (Å²) in [7, 11) is 0. The Balaban J connectivity index is 1.74. The Bertz CT molecular complexity index is 1100. The van der Waals surface area contributed by atoms with Gasteiger partial charge in [0.25, 0.3) is 11.5 Å². The zero-order chi connectivity index (χ0) is 18.4. The molecule has 1 atom stereocenters. The van der Waals surface area contributed by atoms with Crippen LogP contribution in [0.25, 0.3) is 5.65 Å². The number of para-hydroxylation sites is 1. The van der Waals surface area contributed by atoms with E-state index in [1.807, 2.05) is 31.2 Å². The first-order valence-electron chi connectivity index (χ1n) is 8.22. The summed E-state index contributed by atoms with van der Waals surface area (Å²) in [5.74, 6) is -0.914. The minimum absolute atomic E-state index is 0.0181. The second-order valence-electron chi connectivity index (χ2n) is 6.42. The molecule has 8 heteroatoms. The number of hydrogen-bond donors (Lipinski definition) is 2. The van der Waals surface area contributed by atoms with Gasteiger partial charge >= 0.3 is 0 Å². The van der Waals surface area contributed by atoms with Gasteiger partial charge in [0.05, 0.1) is 5.69 Å². The first-order valence-corrected chi connectivity index (χ1v) is 8.22. The molecule has 3 aromatic rings. The van der Waals surface area contributed by atoms with E-state index >= 15 is 0 Å². The van der Waals surface area contributed by atoms with E-state index < -0.39 is 5.91 Å². The van der Waals surface area contributed by atoms with Crippen molar-refractivity contribution < 1.29 is 9.59 Å². The Kier molecular flexibility index (Phi) is 3.61. The molecule has 3 heterocycles. The zero-order valence-electron chi connectivity index (χ0n) is 14.1. The van der Waals surface area contributed by atoms with Crippen molar-refractivity contribution in [2.75, 3.05) is 11.4 Å². The summed E-state index contributed by atoms with van der Waals surface area (Å²) in [4.78, 5) is 42.5. The van der Waals surface area contributed by atoms with Crippen molar-refractivity contribution in [3.63, 3.8) is 0 Å². The highest BCUT2D eigenvalue weighted by Gasteiger charge is 2.33. The minimum Gasteiger partial charge on any atom is -0.365 e. The fourth-order valence-corrected chi connectivity index (χ4v) is 3.39. The molecule has 132 valence electrons. The van der Waals surface area contributed by atoms with E-state index in [0.29, 0.717) is 12.2 Å². The van der Waals surface area contributed by atoms with Crippen molar-refractivity contribution in [3.05, 3.63) is 63.7 Å². The smallest absolute Gasteiger partial charge is 0.272 e. The lowest BCUT2D eigenvalue weighted by Crippen LogP contribution is -2.25. The monoisotopic (exact) mass is 351 g/mol. The average molecular weight is 351 g/mol. The van der Waals surface area contributed by atoms with E-state index in [0.717, 1.165) is 11.3 Å². The number of benzene rings is 1. The summed E-state index contributed by atoms with van der Waals surface area (Å²) in [6, 6.07) is 9.06. The van der Waals surface area contributed by atoms with Gasteiger partial charge in [-0.15, -0.1) is 0 Å². The van der Waals surface area contributed by atoms with Crippen LogP contribution in [0.4, 0.5) is 5.69 Å². The number of hydrogen-bond acceptors (Lipinski definition) is 4. The van der Waals surface area contributed by atoms with Gasteiger partial charge in [0, 0.05) is 36.8 Å². The number of aryl methyl sites for hydroxylation is 1. The number of aromatic nitrogens is 3. The lowest BCUT2D eigenvalue weighted by molar-refractivity contribution is -0.117. The second-order valence-corrected chi connectivity index (χ2v) is 6.42. The average Bonchev–Trinajstić information content (AvgIpc) is 3.19. The lowest BCUT2D eigenvalue weighted by atomic mass is 10.0. The normalized spacial score (nSPS) is 17.2. The van der Waals surface area contributed by atoms with Gasteiger partial charge in [-0.1, -0.05) is 18.2 Å². The third kappa shape index (κ3) is 2.46. The van der Waals surface area contributed by atoms with Crippen molar-refractivity contribution in [2.45, 2.75) is 19.3 Å². The number of fused-ring (bicyclic) bond motifs is 1. The highest BCUT2D eigenvalue weighted by atomic mass is 16.2. The number of carbonyl (C=O) groups is 2. The number of nitrogens with two attached hydrogens (primary N) is 1. The van der Waals surface area contributed by atoms with Gasteiger partial charge in [-0.2, -0.15) is 0 Å². The molecule has 26 heavy (non-hydrogen) atoms. The molecule has 0 spiro atoms. The molecule has 0 bridgehead atoms. The number of carbonyl (C=O) groups excluding carboxylic acids is 2. The van der Waals surface area contributed by atoms with Gasteiger partial charge in [0.1, 0.15) is 5.56 Å². The van der Waals surface area contributed by atoms with Crippen LogP contribution in [0.15, 0.2) is 41.3 Å².